The maximum atomic E-state index is 12.5. The lowest BCUT2D eigenvalue weighted by molar-refractivity contribution is -0.413. The van der Waals surface area contributed by atoms with Crippen molar-refractivity contribution in [2.24, 2.45) is 0 Å². The number of nitrogens with one attached hydrogen (secondary N) is 1. The van der Waals surface area contributed by atoms with Gasteiger partial charge in [-0.2, -0.15) is 0 Å². The van der Waals surface area contributed by atoms with Crippen LogP contribution in [-0.4, -0.2) is 89.1 Å². The van der Waals surface area contributed by atoms with Gasteiger partial charge in [-0.3, -0.25) is 9.78 Å². The van der Waals surface area contributed by atoms with E-state index in [4.69, 9.17) is 4.74 Å². The van der Waals surface area contributed by atoms with Crippen LogP contribution in [0.2, 0.25) is 0 Å². The molecule has 1 aliphatic heterocycles. The number of hydroxylamine groups is 2. The summed E-state index contributed by atoms with van der Waals surface area (Å²) in [5.74, 6) is -5.15. The Labute approximate surface area is 189 Å². The second kappa shape index (κ2) is 9.59. The number of aromatic amines is 1. The van der Waals surface area contributed by atoms with Crippen molar-refractivity contribution in [2.45, 2.75) is 30.4 Å². The second-order valence-corrected chi connectivity index (χ2v) is 7.30. The molecule has 1 aromatic carbocycles. The van der Waals surface area contributed by atoms with Crippen molar-refractivity contribution in [1.82, 2.24) is 14.6 Å². The highest BCUT2D eigenvalue weighted by Crippen LogP contribution is 2.43. The third-order valence-corrected chi connectivity index (χ3v) is 5.24. The zero-order valence-electron chi connectivity index (χ0n) is 17.4. The summed E-state index contributed by atoms with van der Waals surface area (Å²) in [5.41, 5.74) is -6.98. The summed E-state index contributed by atoms with van der Waals surface area (Å²) in [4.78, 5) is 38.3. The number of hydrogen-bond acceptors (Lipinski definition) is 12. The molecular formula is C19H22FN3O11. The molecule has 3 rings (SSSR count). The number of ether oxygens (including phenoxy) is 2. The fourth-order valence-corrected chi connectivity index (χ4v) is 3.48. The molecule has 0 spiro atoms. The van der Waals surface area contributed by atoms with Gasteiger partial charge in [0.15, 0.2) is 0 Å². The number of esters is 1. The van der Waals surface area contributed by atoms with E-state index in [-0.39, 0.29) is 20.9 Å². The van der Waals surface area contributed by atoms with Crippen LogP contribution in [0.3, 0.4) is 0 Å². The number of para-hydroxylation sites is 1. The van der Waals surface area contributed by atoms with E-state index in [2.05, 4.69) is 4.74 Å². The van der Waals surface area contributed by atoms with E-state index in [1.165, 1.54) is 24.3 Å². The standard InChI is InChI=1S/C19H22FN3O11/c20-5-6-33-16(28)11-8-22(17(29)21-15(11)27)19(31)18(30,14(26)13(9-24)34-19)23(32)7-10-3-1-2-4-12(10)25/h1-4,8,13-14,24-26,30-32H,5-7,9H2,(H,21,27,29)/t13-,14-,18-,19-/m1/s1. The molecule has 1 aliphatic rings. The highest BCUT2D eigenvalue weighted by Gasteiger charge is 2.70. The fraction of sp³-hybridized carbons (Fsp3) is 0.421. The fourth-order valence-electron chi connectivity index (χ4n) is 3.48. The van der Waals surface area contributed by atoms with Crippen molar-refractivity contribution in [3.63, 3.8) is 0 Å². The Kier molecular flexibility index (Phi) is 7.18. The zero-order chi connectivity index (χ0) is 25.3. The summed E-state index contributed by atoms with van der Waals surface area (Å²) in [6.07, 6.45) is -3.65. The van der Waals surface area contributed by atoms with Crippen LogP contribution >= 0.6 is 0 Å². The molecule has 15 heteroatoms. The van der Waals surface area contributed by atoms with E-state index in [1.54, 1.807) is 4.98 Å². The second-order valence-electron chi connectivity index (χ2n) is 7.30. The minimum absolute atomic E-state index is 0.00438. The lowest BCUT2D eigenvalue weighted by Gasteiger charge is -2.42. The molecule has 4 atom stereocenters. The highest BCUT2D eigenvalue weighted by molar-refractivity contribution is 5.88. The molecule has 0 unspecified atom stereocenters. The van der Waals surface area contributed by atoms with Gasteiger partial charge in [-0.25, -0.2) is 18.5 Å². The smallest absolute Gasteiger partial charge is 0.345 e. The summed E-state index contributed by atoms with van der Waals surface area (Å²) in [5, 5.41) is 63.2. The number of phenolic OH excluding ortho intramolecular Hbond substituents is 1. The van der Waals surface area contributed by atoms with Crippen LogP contribution in [0.1, 0.15) is 15.9 Å². The first kappa shape index (κ1) is 25.4. The molecule has 1 fully saturated rings. The maximum absolute atomic E-state index is 12.5. The van der Waals surface area contributed by atoms with E-state index < -0.39 is 73.1 Å². The van der Waals surface area contributed by atoms with Crippen molar-refractivity contribution in [1.29, 1.82) is 0 Å². The number of aliphatic hydroxyl groups excluding tert-OH is 2. The monoisotopic (exact) mass is 487 g/mol. The van der Waals surface area contributed by atoms with Gasteiger partial charge in [0, 0.05) is 11.8 Å². The van der Waals surface area contributed by atoms with Gasteiger partial charge in [0.05, 0.1) is 13.2 Å². The number of H-pyrrole nitrogens is 1. The van der Waals surface area contributed by atoms with Crippen LogP contribution in [0.5, 0.6) is 5.75 Å². The number of aromatic hydroxyl groups is 1. The molecule has 7 N–H and O–H groups in total. The Balaban J connectivity index is 2.14. The van der Waals surface area contributed by atoms with Crippen LogP contribution in [0.4, 0.5) is 4.39 Å². The van der Waals surface area contributed by atoms with Gasteiger partial charge in [-0.05, 0) is 6.07 Å². The molecule has 2 heterocycles. The number of nitrogens with zero attached hydrogens (tertiary/aromatic N) is 2. The molecule has 2 aromatic rings. The van der Waals surface area contributed by atoms with E-state index in [0.29, 0.717) is 6.20 Å². The quantitative estimate of drug-likeness (QED) is 0.115. The van der Waals surface area contributed by atoms with Crippen molar-refractivity contribution < 1.29 is 49.4 Å². The molecule has 0 bridgehead atoms. The molecule has 186 valence electrons. The highest BCUT2D eigenvalue weighted by atomic mass is 19.1. The van der Waals surface area contributed by atoms with Gasteiger partial charge >= 0.3 is 17.6 Å². The third-order valence-electron chi connectivity index (χ3n) is 5.24. The van der Waals surface area contributed by atoms with Gasteiger partial charge in [0.2, 0.25) is 5.72 Å². The first-order valence-electron chi connectivity index (χ1n) is 9.75. The van der Waals surface area contributed by atoms with E-state index in [1.807, 2.05) is 0 Å². The SMILES string of the molecule is O=C(OCCF)c1cn([C@]2(O)O[C@H](CO)[C@@H](O)[C@]2(O)N(O)Cc2ccccc2O)c(=O)[nH]c1=O. The molecule has 34 heavy (non-hydrogen) atoms. The van der Waals surface area contributed by atoms with Crippen molar-refractivity contribution in [2.75, 3.05) is 19.9 Å². The van der Waals surface area contributed by atoms with E-state index in [0.717, 1.165) is 0 Å². The molecule has 0 saturated carbocycles. The normalized spacial score (nSPS) is 26.7. The summed E-state index contributed by atoms with van der Waals surface area (Å²) >= 11 is 0. The number of aliphatic hydroxyl groups is 4. The van der Waals surface area contributed by atoms with Crippen molar-refractivity contribution in [3.05, 3.63) is 62.4 Å². The van der Waals surface area contributed by atoms with E-state index in [9.17, 15) is 49.5 Å². The van der Waals surface area contributed by atoms with Gasteiger partial charge in [-0.1, -0.05) is 18.2 Å². The average Bonchev–Trinajstić information content (AvgIpc) is 3.01. The first-order chi connectivity index (χ1) is 16.0. The summed E-state index contributed by atoms with van der Waals surface area (Å²) in [6.45, 7) is -3.56. The number of hydrogen-bond donors (Lipinski definition) is 7. The van der Waals surface area contributed by atoms with Crippen LogP contribution in [-0.2, 0) is 21.9 Å². The molecule has 0 radical (unpaired) electrons. The van der Waals surface area contributed by atoms with Gasteiger partial charge in [0.1, 0.15) is 36.8 Å². The Morgan fingerprint density at radius 3 is 2.59 bits per heavy atom. The number of phenols is 1. The van der Waals surface area contributed by atoms with Crippen molar-refractivity contribution in [3.8, 4) is 5.75 Å². The largest absolute Gasteiger partial charge is 0.508 e. The average molecular weight is 487 g/mol. The van der Waals surface area contributed by atoms with Crippen LogP contribution in [0.25, 0.3) is 0 Å². The first-order valence-corrected chi connectivity index (χ1v) is 9.75. The Morgan fingerprint density at radius 1 is 1.29 bits per heavy atom. The van der Waals surface area contributed by atoms with E-state index >= 15 is 0 Å². The predicted molar refractivity (Wildman–Crippen MR) is 106 cm³/mol. The number of benzene rings is 1. The lowest BCUT2D eigenvalue weighted by Crippen LogP contribution is -2.68. The topological polar surface area (TPSA) is 215 Å². The zero-order valence-corrected chi connectivity index (χ0v) is 17.4. The molecule has 0 aliphatic carbocycles. The predicted octanol–water partition coefficient (Wildman–Crippen LogP) is -2.70. The van der Waals surface area contributed by atoms with Gasteiger partial charge in [0.25, 0.3) is 5.56 Å². The number of aromatic nitrogens is 2. The molecule has 0 amide bonds. The number of carbonyl (C=O) groups excluding carboxylic acids is 1. The Morgan fingerprint density at radius 2 is 1.97 bits per heavy atom. The summed E-state index contributed by atoms with van der Waals surface area (Å²) < 4.78 is 22.0. The Bertz CT molecular complexity index is 1170. The summed E-state index contributed by atoms with van der Waals surface area (Å²) in [7, 11) is 0. The van der Waals surface area contributed by atoms with Crippen LogP contribution in [0, 0.1) is 0 Å². The Hall–Kier alpha value is -3.18. The van der Waals surface area contributed by atoms with Crippen LogP contribution in [0.15, 0.2) is 40.1 Å². The van der Waals surface area contributed by atoms with Gasteiger partial charge in [-0.15, -0.1) is 5.06 Å². The van der Waals surface area contributed by atoms with Crippen LogP contribution < -0.4 is 11.2 Å². The molecular weight excluding hydrogens is 465 g/mol. The number of carbonyl (C=O) groups is 1. The molecule has 14 nitrogen and oxygen atoms in total. The number of rotatable bonds is 8. The lowest BCUT2D eigenvalue weighted by atomic mass is 10.00. The summed E-state index contributed by atoms with van der Waals surface area (Å²) in [6, 6.07) is 5.51. The number of halogens is 1. The minimum Gasteiger partial charge on any atom is -0.508 e. The maximum Gasteiger partial charge on any atom is 0.345 e. The molecule has 1 saturated heterocycles. The number of alkyl halides is 1. The van der Waals surface area contributed by atoms with Crippen molar-refractivity contribution >= 4 is 5.97 Å². The minimum atomic E-state index is -3.42. The molecule has 1 aromatic heterocycles. The van der Waals surface area contributed by atoms with Gasteiger partial charge < -0.3 is 40.2 Å². The third kappa shape index (κ3) is 4.09.